The minimum absolute atomic E-state index is 0.0101. The molecular formula is C26H32O2. The van der Waals surface area contributed by atoms with E-state index in [-0.39, 0.29) is 11.6 Å². The van der Waals surface area contributed by atoms with Gasteiger partial charge in [0.25, 0.3) is 0 Å². The number of fused-ring (bicyclic) bond motifs is 2. The SMILES string of the molecule is CC(C)CCCc1ccc2c(c1)C(=O)c1ccc(CCCC(C)C)cc1C2=O. The summed E-state index contributed by atoms with van der Waals surface area (Å²) in [5, 5.41) is 0. The highest BCUT2D eigenvalue weighted by atomic mass is 16.1. The van der Waals surface area contributed by atoms with Gasteiger partial charge in [-0.15, -0.1) is 0 Å². The first-order valence-electron chi connectivity index (χ1n) is 10.7. The molecule has 2 aromatic rings. The van der Waals surface area contributed by atoms with Crippen molar-refractivity contribution in [1.82, 2.24) is 0 Å². The average molecular weight is 377 g/mol. The second kappa shape index (κ2) is 8.86. The summed E-state index contributed by atoms with van der Waals surface area (Å²) in [7, 11) is 0. The standard InChI is InChI=1S/C26H32O2/c1-17(2)7-5-9-19-11-13-21-23(15-19)25(27)22-14-12-20(10-6-8-18(3)4)16-24(22)26(21)28/h11-18H,5-10H2,1-4H3. The summed E-state index contributed by atoms with van der Waals surface area (Å²) in [6.07, 6.45) is 6.46. The van der Waals surface area contributed by atoms with Crippen molar-refractivity contribution in [3.63, 3.8) is 0 Å². The number of hydrogen-bond acceptors (Lipinski definition) is 2. The fourth-order valence-electron chi connectivity index (χ4n) is 3.98. The summed E-state index contributed by atoms with van der Waals surface area (Å²) in [4.78, 5) is 26.1. The van der Waals surface area contributed by atoms with Crippen molar-refractivity contribution in [2.24, 2.45) is 11.8 Å². The first-order chi connectivity index (χ1) is 13.4. The number of aryl methyl sites for hydroxylation is 2. The van der Waals surface area contributed by atoms with Gasteiger partial charge in [-0.05, 0) is 60.8 Å². The van der Waals surface area contributed by atoms with Crippen LogP contribution in [-0.2, 0) is 12.8 Å². The van der Waals surface area contributed by atoms with Crippen LogP contribution in [0.5, 0.6) is 0 Å². The van der Waals surface area contributed by atoms with Gasteiger partial charge in [-0.2, -0.15) is 0 Å². The zero-order valence-corrected chi connectivity index (χ0v) is 17.7. The van der Waals surface area contributed by atoms with Crippen LogP contribution in [0.2, 0.25) is 0 Å². The van der Waals surface area contributed by atoms with Crippen LogP contribution in [-0.4, -0.2) is 11.6 Å². The van der Waals surface area contributed by atoms with Crippen molar-refractivity contribution in [3.8, 4) is 0 Å². The topological polar surface area (TPSA) is 34.1 Å². The van der Waals surface area contributed by atoms with Crippen LogP contribution in [0.25, 0.3) is 0 Å². The molecule has 0 spiro atoms. The Bertz CT molecular complexity index is 800. The van der Waals surface area contributed by atoms with Gasteiger partial charge < -0.3 is 0 Å². The van der Waals surface area contributed by atoms with E-state index in [0.717, 1.165) is 36.8 Å². The van der Waals surface area contributed by atoms with E-state index in [1.807, 2.05) is 36.4 Å². The minimum Gasteiger partial charge on any atom is -0.289 e. The smallest absolute Gasteiger partial charge is 0.194 e. The molecule has 2 aromatic carbocycles. The molecule has 28 heavy (non-hydrogen) atoms. The lowest BCUT2D eigenvalue weighted by molar-refractivity contribution is 0.0979. The minimum atomic E-state index is -0.0101. The molecule has 0 aliphatic heterocycles. The maximum atomic E-state index is 13.1. The van der Waals surface area contributed by atoms with Gasteiger partial charge in [-0.1, -0.05) is 64.8 Å². The number of carbonyl (C=O) groups is 2. The Labute approximate surface area is 169 Å². The molecule has 0 bridgehead atoms. The van der Waals surface area contributed by atoms with Gasteiger partial charge in [0, 0.05) is 22.3 Å². The Kier molecular flexibility index (Phi) is 6.49. The lowest BCUT2D eigenvalue weighted by atomic mass is 9.82. The summed E-state index contributed by atoms with van der Waals surface area (Å²) in [6.45, 7) is 8.90. The van der Waals surface area contributed by atoms with E-state index in [9.17, 15) is 9.59 Å². The Morgan fingerprint density at radius 3 is 1.36 bits per heavy atom. The molecule has 2 heteroatoms. The van der Waals surface area contributed by atoms with Crippen molar-refractivity contribution in [2.45, 2.75) is 66.2 Å². The molecule has 0 radical (unpaired) electrons. The Morgan fingerprint density at radius 1 is 0.607 bits per heavy atom. The number of ketones is 2. The third-order valence-corrected chi connectivity index (χ3v) is 5.64. The largest absolute Gasteiger partial charge is 0.289 e. The highest BCUT2D eigenvalue weighted by Crippen LogP contribution is 2.29. The van der Waals surface area contributed by atoms with Gasteiger partial charge in [0.1, 0.15) is 0 Å². The van der Waals surface area contributed by atoms with E-state index in [0.29, 0.717) is 34.1 Å². The predicted molar refractivity (Wildman–Crippen MR) is 115 cm³/mol. The second-order valence-electron chi connectivity index (χ2n) is 8.99. The van der Waals surface area contributed by atoms with Crippen molar-refractivity contribution >= 4 is 11.6 Å². The molecule has 0 N–H and O–H groups in total. The molecule has 0 saturated heterocycles. The van der Waals surface area contributed by atoms with Crippen LogP contribution in [0, 0.1) is 11.8 Å². The third-order valence-electron chi connectivity index (χ3n) is 5.64. The molecular weight excluding hydrogens is 344 g/mol. The van der Waals surface area contributed by atoms with Crippen molar-refractivity contribution < 1.29 is 9.59 Å². The number of rotatable bonds is 8. The van der Waals surface area contributed by atoms with E-state index < -0.39 is 0 Å². The molecule has 1 aliphatic rings. The first-order valence-corrected chi connectivity index (χ1v) is 10.7. The van der Waals surface area contributed by atoms with E-state index in [2.05, 4.69) is 27.7 Å². The quantitative estimate of drug-likeness (QED) is 0.454. The summed E-state index contributed by atoms with van der Waals surface area (Å²) in [6, 6.07) is 11.6. The lowest BCUT2D eigenvalue weighted by Gasteiger charge is -2.19. The molecule has 0 atom stereocenters. The summed E-state index contributed by atoms with van der Waals surface area (Å²) in [5.41, 5.74) is 4.57. The zero-order chi connectivity index (χ0) is 20.3. The summed E-state index contributed by atoms with van der Waals surface area (Å²) >= 11 is 0. The Hall–Kier alpha value is -2.22. The molecule has 1 aliphatic carbocycles. The molecule has 2 nitrogen and oxygen atoms in total. The fourth-order valence-corrected chi connectivity index (χ4v) is 3.98. The van der Waals surface area contributed by atoms with E-state index in [4.69, 9.17) is 0 Å². The molecule has 3 rings (SSSR count). The van der Waals surface area contributed by atoms with E-state index in [1.165, 1.54) is 12.8 Å². The van der Waals surface area contributed by atoms with Crippen LogP contribution < -0.4 is 0 Å². The highest BCUT2D eigenvalue weighted by molar-refractivity contribution is 6.28. The number of benzene rings is 2. The molecule has 0 amide bonds. The van der Waals surface area contributed by atoms with E-state index in [1.54, 1.807) is 0 Å². The monoisotopic (exact) mass is 376 g/mol. The van der Waals surface area contributed by atoms with Gasteiger partial charge in [-0.3, -0.25) is 9.59 Å². The van der Waals surface area contributed by atoms with Gasteiger partial charge in [0.2, 0.25) is 0 Å². The van der Waals surface area contributed by atoms with Crippen molar-refractivity contribution in [1.29, 1.82) is 0 Å². The molecule has 0 fully saturated rings. The fraction of sp³-hybridized carbons (Fsp3) is 0.462. The molecule has 0 aromatic heterocycles. The number of hydrogen-bond donors (Lipinski definition) is 0. The third kappa shape index (κ3) is 4.60. The van der Waals surface area contributed by atoms with Crippen LogP contribution in [0.15, 0.2) is 36.4 Å². The first kappa shape index (κ1) is 20.5. The average Bonchev–Trinajstić information content (AvgIpc) is 2.65. The van der Waals surface area contributed by atoms with Gasteiger partial charge in [-0.25, -0.2) is 0 Å². The van der Waals surface area contributed by atoms with Gasteiger partial charge >= 0.3 is 0 Å². The van der Waals surface area contributed by atoms with Crippen LogP contribution in [0.4, 0.5) is 0 Å². The maximum Gasteiger partial charge on any atom is 0.194 e. The van der Waals surface area contributed by atoms with Crippen LogP contribution in [0.1, 0.15) is 96.3 Å². The van der Waals surface area contributed by atoms with Crippen molar-refractivity contribution in [2.75, 3.05) is 0 Å². The predicted octanol–water partition coefficient (Wildman–Crippen LogP) is 6.42. The zero-order valence-electron chi connectivity index (χ0n) is 17.7. The maximum absolute atomic E-state index is 13.1. The lowest BCUT2D eigenvalue weighted by Crippen LogP contribution is -2.21. The van der Waals surface area contributed by atoms with Crippen molar-refractivity contribution in [3.05, 3.63) is 69.8 Å². The van der Waals surface area contributed by atoms with Crippen LogP contribution >= 0.6 is 0 Å². The highest BCUT2D eigenvalue weighted by Gasteiger charge is 2.29. The van der Waals surface area contributed by atoms with Gasteiger partial charge in [0.15, 0.2) is 11.6 Å². The molecule has 0 saturated carbocycles. The van der Waals surface area contributed by atoms with Gasteiger partial charge in [0.05, 0.1) is 0 Å². The molecule has 0 heterocycles. The summed E-state index contributed by atoms with van der Waals surface area (Å²) < 4.78 is 0. The second-order valence-corrected chi connectivity index (χ2v) is 8.99. The normalized spacial score (nSPS) is 13.2. The van der Waals surface area contributed by atoms with E-state index >= 15 is 0 Å². The Balaban J connectivity index is 1.81. The van der Waals surface area contributed by atoms with Crippen LogP contribution in [0.3, 0.4) is 0 Å². The molecule has 148 valence electrons. The molecule has 0 unspecified atom stereocenters. The number of carbonyl (C=O) groups excluding carboxylic acids is 2. The summed E-state index contributed by atoms with van der Waals surface area (Å²) in [5.74, 6) is 1.35. The Morgan fingerprint density at radius 2 is 1.00 bits per heavy atom.